The summed E-state index contributed by atoms with van der Waals surface area (Å²) in [5.74, 6) is 0.526. The van der Waals surface area contributed by atoms with E-state index in [1.165, 1.54) is 0 Å². The van der Waals surface area contributed by atoms with Crippen molar-refractivity contribution in [3.05, 3.63) is 36.4 Å². The number of allylic oxidation sites excluding steroid dienone is 1. The van der Waals surface area contributed by atoms with Gasteiger partial charge in [-0.05, 0) is 54.7 Å². The topological polar surface area (TPSA) is 49.7 Å². The quantitative estimate of drug-likeness (QED) is 0.642. The van der Waals surface area contributed by atoms with Crippen molar-refractivity contribution in [1.29, 1.82) is 0 Å². The fraction of sp³-hybridized carbons (Fsp3) is 0.619. The number of phenolic OH excluding ortho intramolecular Hbond substituents is 1. The molecule has 1 aromatic carbocycles. The zero-order valence-corrected chi connectivity index (χ0v) is 16.1. The minimum absolute atomic E-state index is 0.0323. The third-order valence-electron chi connectivity index (χ3n) is 4.14. The maximum Gasteiger partial charge on any atom is 0.161 e. The average Bonchev–Trinajstić information content (AvgIpc) is 2.41. The Morgan fingerprint density at radius 2 is 1.75 bits per heavy atom. The van der Waals surface area contributed by atoms with E-state index in [-0.39, 0.29) is 23.2 Å². The third kappa shape index (κ3) is 6.56. The Morgan fingerprint density at radius 3 is 2.29 bits per heavy atom. The molecule has 0 aliphatic carbocycles. The van der Waals surface area contributed by atoms with Crippen molar-refractivity contribution in [2.45, 2.75) is 71.8 Å². The molecule has 0 bridgehead atoms. The average molecular weight is 334 g/mol. The standard InChI is InChI=1S/C21H34O3/c1-8-9-12-21(7,23)15-24-18-13-16(10-11-17(18)22)20(5,6)14-19(2,3)4/h8,10-11,13,22-23H,1,9,12,14-15H2,2-7H3. The lowest BCUT2D eigenvalue weighted by Gasteiger charge is -2.33. The van der Waals surface area contributed by atoms with Crippen LogP contribution in [0.3, 0.4) is 0 Å². The molecule has 136 valence electrons. The zero-order valence-electron chi connectivity index (χ0n) is 16.1. The van der Waals surface area contributed by atoms with Gasteiger partial charge in [0.2, 0.25) is 0 Å². The third-order valence-corrected chi connectivity index (χ3v) is 4.14. The molecule has 3 heteroatoms. The molecule has 0 saturated heterocycles. The van der Waals surface area contributed by atoms with Crippen molar-refractivity contribution < 1.29 is 14.9 Å². The lowest BCUT2D eigenvalue weighted by atomic mass is 9.72. The largest absolute Gasteiger partial charge is 0.504 e. The van der Waals surface area contributed by atoms with E-state index in [9.17, 15) is 10.2 Å². The van der Waals surface area contributed by atoms with Gasteiger partial charge in [0, 0.05) is 0 Å². The van der Waals surface area contributed by atoms with Gasteiger partial charge in [0.15, 0.2) is 11.5 Å². The maximum atomic E-state index is 10.3. The van der Waals surface area contributed by atoms with Gasteiger partial charge in [-0.15, -0.1) is 6.58 Å². The van der Waals surface area contributed by atoms with E-state index in [4.69, 9.17) is 4.74 Å². The number of ether oxygens (including phenoxy) is 1. The molecule has 0 radical (unpaired) electrons. The minimum atomic E-state index is -0.947. The van der Waals surface area contributed by atoms with Crippen LogP contribution in [-0.2, 0) is 5.41 Å². The number of aliphatic hydroxyl groups is 1. The van der Waals surface area contributed by atoms with Gasteiger partial charge in [0.05, 0.1) is 5.60 Å². The van der Waals surface area contributed by atoms with Gasteiger partial charge in [-0.3, -0.25) is 0 Å². The van der Waals surface area contributed by atoms with Gasteiger partial charge >= 0.3 is 0 Å². The van der Waals surface area contributed by atoms with Gasteiger partial charge in [0.25, 0.3) is 0 Å². The highest BCUT2D eigenvalue weighted by molar-refractivity contribution is 5.44. The number of phenols is 1. The predicted molar refractivity (Wildman–Crippen MR) is 101 cm³/mol. The zero-order chi connectivity index (χ0) is 18.6. The highest BCUT2D eigenvalue weighted by Gasteiger charge is 2.28. The number of aromatic hydroxyl groups is 1. The van der Waals surface area contributed by atoms with E-state index in [2.05, 4.69) is 41.2 Å². The summed E-state index contributed by atoms with van der Waals surface area (Å²) in [6.45, 7) is 16.6. The van der Waals surface area contributed by atoms with Crippen molar-refractivity contribution in [3.63, 3.8) is 0 Å². The van der Waals surface area contributed by atoms with Crippen LogP contribution in [0.1, 0.15) is 66.4 Å². The molecule has 0 aliphatic rings. The maximum absolute atomic E-state index is 10.3. The van der Waals surface area contributed by atoms with Gasteiger partial charge in [-0.2, -0.15) is 0 Å². The summed E-state index contributed by atoms with van der Waals surface area (Å²) in [6.07, 6.45) is 4.09. The van der Waals surface area contributed by atoms with Gasteiger partial charge in [-0.1, -0.05) is 46.8 Å². The number of hydrogen-bond donors (Lipinski definition) is 2. The second-order valence-electron chi connectivity index (χ2n) is 8.92. The van der Waals surface area contributed by atoms with E-state index >= 15 is 0 Å². The minimum Gasteiger partial charge on any atom is -0.504 e. The Morgan fingerprint density at radius 1 is 1.12 bits per heavy atom. The Labute approximate surface area is 147 Å². The fourth-order valence-corrected chi connectivity index (χ4v) is 3.20. The smallest absolute Gasteiger partial charge is 0.161 e. The molecule has 1 atom stereocenters. The highest BCUT2D eigenvalue weighted by atomic mass is 16.5. The van der Waals surface area contributed by atoms with Gasteiger partial charge < -0.3 is 14.9 Å². The molecule has 1 rings (SSSR count). The van der Waals surface area contributed by atoms with Crippen LogP contribution in [0.4, 0.5) is 0 Å². The molecule has 3 nitrogen and oxygen atoms in total. The summed E-state index contributed by atoms with van der Waals surface area (Å²) in [5, 5.41) is 20.4. The van der Waals surface area contributed by atoms with Crippen molar-refractivity contribution in [1.82, 2.24) is 0 Å². The van der Waals surface area contributed by atoms with Crippen LogP contribution in [0.15, 0.2) is 30.9 Å². The molecule has 2 N–H and O–H groups in total. The Bertz CT molecular complexity index is 551. The molecule has 0 amide bonds. The van der Waals surface area contributed by atoms with Crippen molar-refractivity contribution >= 4 is 0 Å². The van der Waals surface area contributed by atoms with Crippen molar-refractivity contribution in [2.75, 3.05) is 6.61 Å². The van der Waals surface area contributed by atoms with E-state index in [1.54, 1.807) is 19.1 Å². The molecule has 0 fully saturated rings. The van der Waals surface area contributed by atoms with Crippen LogP contribution in [0.25, 0.3) is 0 Å². The molecular formula is C21H34O3. The summed E-state index contributed by atoms with van der Waals surface area (Å²) < 4.78 is 5.73. The summed E-state index contributed by atoms with van der Waals surface area (Å²) >= 11 is 0. The molecule has 0 aliphatic heterocycles. The number of benzene rings is 1. The van der Waals surface area contributed by atoms with Crippen molar-refractivity contribution in [2.24, 2.45) is 5.41 Å². The van der Waals surface area contributed by atoms with Crippen LogP contribution in [0.5, 0.6) is 11.5 Å². The molecule has 0 saturated carbocycles. The van der Waals surface area contributed by atoms with Crippen LogP contribution in [0.2, 0.25) is 0 Å². The highest BCUT2D eigenvalue weighted by Crippen LogP contribution is 2.39. The first-order chi connectivity index (χ1) is 10.9. The first-order valence-corrected chi connectivity index (χ1v) is 8.66. The second kappa shape index (κ2) is 7.60. The summed E-state index contributed by atoms with van der Waals surface area (Å²) in [4.78, 5) is 0. The Kier molecular flexibility index (Phi) is 6.52. The normalized spacial score (nSPS) is 15.0. The fourth-order valence-electron chi connectivity index (χ4n) is 3.20. The first-order valence-electron chi connectivity index (χ1n) is 8.66. The van der Waals surface area contributed by atoms with E-state index < -0.39 is 5.60 Å². The molecule has 1 unspecified atom stereocenters. The molecule has 0 heterocycles. The second-order valence-corrected chi connectivity index (χ2v) is 8.92. The van der Waals surface area contributed by atoms with Crippen LogP contribution >= 0.6 is 0 Å². The molecule has 0 aromatic heterocycles. The monoisotopic (exact) mass is 334 g/mol. The molecule has 0 spiro atoms. The number of hydrogen-bond acceptors (Lipinski definition) is 3. The summed E-state index contributed by atoms with van der Waals surface area (Å²) in [6, 6.07) is 5.52. The SMILES string of the molecule is C=CCCC(C)(O)COc1cc(C(C)(C)CC(C)(C)C)ccc1O. The lowest BCUT2D eigenvalue weighted by molar-refractivity contribution is 0.00451. The Balaban J connectivity index is 2.92. The first kappa shape index (κ1) is 20.6. The van der Waals surface area contributed by atoms with E-state index in [0.29, 0.717) is 12.2 Å². The Hall–Kier alpha value is -1.48. The van der Waals surface area contributed by atoms with Gasteiger partial charge in [0.1, 0.15) is 6.61 Å². The van der Waals surface area contributed by atoms with Crippen LogP contribution in [-0.4, -0.2) is 22.4 Å². The predicted octanol–water partition coefficient (Wildman–Crippen LogP) is 5.20. The van der Waals surface area contributed by atoms with E-state index in [0.717, 1.165) is 18.4 Å². The molecular weight excluding hydrogens is 300 g/mol. The molecule has 1 aromatic rings. The van der Waals surface area contributed by atoms with Crippen LogP contribution in [0, 0.1) is 5.41 Å². The van der Waals surface area contributed by atoms with Crippen LogP contribution < -0.4 is 4.74 Å². The van der Waals surface area contributed by atoms with Gasteiger partial charge in [-0.25, -0.2) is 0 Å². The summed E-state index contributed by atoms with van der Waals surface area (Å²) in [5.41, 5.74) is 0.347. The number of rotatable bonds is 8. The van der Waals surface area contributed by atoms with E-state index in [1.807, 2.05) is 12.1 Å². The lowest BCUT2D eigenvalue weighted by Crippen LogP contribution is -2.32. The molecule has 24 heavy (non-hydrogen) atoms. The van der Waals surface area contributed by atoms with Crippen molar-refractivity contribution in [3.8, 4) is 11.5 Å². The summed E-state index contributed by atoms with van der Waals surface area (Å²) in [7, 11) is 0.